The summed E-state index contributed by atoms with van der Waals surface area (Å²) in [6, 6.07) is 0. The summed E-state index contributed by atoms with van der Waals surface area (Å²) in [5.41, 5.74) is -0.311. The van der Waals surface area contributed by atoms with E-state index in [1.54, 1.807) is 4.90 Å². The summed E-state index contributed by atoms with van der Waals surface area (Å²) in [6.45, 7) is 7.06. The van der Waals surface area contributed by atoms with Crippen molar-refractivity contribution in [3.8, 4) is 0 Å². The van der Waals surface area contributed by atoms with Crippen molar-refractivity contribution in [1.29, 1.82) is 0 Å². The molecule has 1 amide bonds. The van der Waals surface area contributed by atoms with Crippen LogP contribution in [-0.2, 0) is 9.59 Å². The van der Waals surface area contributed by atoms with E-state index in [1.807, 2.05) is 20.8 Å². The summed E-state index contributed by atoms with van der Waals surface area (Å²) in [6.07, 6.45) is 0.988. The fraction of sp³-hybridized carbons (Fsp3) is 0.818. The van der Waals surface area contributed by atoms with Gasteiger partial charge in [-0.25, -0.2) is 0 Å². The van der Waals surface area contributed by atoms with E-state index in [0.29, 0.717) is 13.1 Å². The van der Waals surface area contributed by atoms with Crippen LogP contribution >= 0.6 is 0 Å². The summed E-state index contributed by atoms with van der Waals surface area (Å²) < 4.78 is 0. The third-order valence-corrected chi connectivity index (χ3v) is 3.17. The Hall–Kier alpha value is -1.06. The average molecular weight is 213 g/mol. The molecule has 1 heterocycles. The first kappa shape index (κ1) is 12.0. The molecule has 1 rings (SSSR count). The topological polar surface area (TPSA) is 57.6 Å². The van der Waals surface area contributed by atoms with E-state index in [0.717, 1.165) is 6.42 Å². The van der Waals surface area contributed by atoms with Gasteiger partial charge < -0.3 is 10.0 Å². The zero-order valence-electron chi connectivity index (χ0n) is 9.62. The van der Waals surface area contributed by atoms with Crippen molar-refractivity contribution in [2.45, 2.75) is 33.6 Å². The van der Waals surface area contributed by atoms with Crippen LogP contribution in [0.25, 0.3) is 0 Å². The minimum Gasteiger partial charge on any atom is -0.481 e. The number of carboxylic acids is 1. The van der Waals surface area contributed by atoms with E-state index >= 15 is 0 Å². The van der Waals surface area contributed by atoms with Crippen molar-refractivity contribution >= 4 is 11.9 Å². The first-order chi connectivity index (χ1) is 6.86. The Morgan fingerprint density at radius 1 is 1.40 bits per heavy atom. The molecule has 0 saturated carbocycles. The van der Waals surface area contributed by atoms with Gasteiger partial charge in [-0.1, -0.05) is 20.8 Å². The number of hydrogen-bond donors (Lipinski definition) is 1. The largest absolute Gasteiger partial charge is 0.481 e. The smallest absolute Gasteiger partial charge is 0.303 e. The van der Waals surface area contributed by atoms with Crippen molar-refractivity contribution in [2.24, 2.45) is 11.3 Å². The highest BCUT2D eigenvalue weighted by atomic mass is 16.4. The van der Waals surface area contributed by atoms with E-state index < -0.39 is 5.97 Å². The summed E-state index contributed by atoms with van der Waals surface area (Å²) in [4.78, 5) is 24.1. The Kier molecular flexibility index (Phi) is 3.37. The van der Waals surface area contributed by atoms with E-state index in [9.17, 15) is 9.59 Å². The lowest BCUT2D eigenvalue weighted by Crippen LogP contribution is -2.54. The lowest BCUT2D eigenvalue weighted by atomic mass is 9.85. The number of carboxylic acid groups (broad SMARTS) is 1. The van der Waals surface area contributed by atoms with Gasteiger partial charge in [0, 0.05) is 24.4 Å². The molecular weight excluding hydrogens is 194 g/mol. The normalized spacial score (nSPS) is 17.4. The zero-order valence-corrected chi connectivity index (χ0v) is 9.62. The monoisotopic (exact) mass is 213 g/mol. The Bertz CT molecular complexity index is 267. The number of amides is 1. The Labute approximate surface area is 90.3 Å². The Morgan fingerprint density at radius 3 is 2.33 bits per heavy atom. The molecule has 1 fully saturated rings. The van der Waals surface area contributed by atoms with E-state index in [2.05, 4.69) is 0 Å². The molecule has 86 valence electrons. The summed E-state index contributed by atoms with van der Waals surface area (Å²) in [5, 5.41) is 8.58. The van der Waals surface area contributed by atoms with Gasteiger partial charge in [0.25, 0.3) is 0 Å². The molecule has 0 aromatic heterocycles. The molecule has 4 heteroatoms. The molecule has 0 bridgehead atoms. The second-order valence-electron chi connectivity index (χ2n) is 4.91. The van der Waals surface area contributed by atoms with Crippen LogP contribution in [0.5, 0.6) is 0 Å². The van der Waals surface area contributed by atoms with E-state index in [-0.39, 0.29) is 23.7 Å². The summed E-state index contributed by atoms with van der Waals surface area (Å²) >= 11 is 0. The van der Waals surface area contributed by atoms with Crippen molar-refractivity contribution in [1.82, 2.24) is 4.90 Å². The van der Waals surface area contributed by atoms with Gasteiger partial charge in [-0.15, -0.1) is 0 Å². The van der Waals surface area contributed by atoms with Gasteiger partial charge in [0.2, 0.25) is 5.91 Å². The molecule has 0 atom stereocenters. The molecular formula is C11H19NO3. The molecule has 4 nitrogen and oxygen atoms in total. The number of nitrogens with zero attached hydrogens (tertiary/aromatic N) is 1. The molecule has 1 aliphatic rings. The quantitative estimate of drug-likeness (QED) is 0.767. The van der Waals surface area contributed by atoms with Gasteiger partial charge in [0.15, 0.2) is 0 Å². The molecule has 15 heavy (non-hydrogen) atoms. The maximum Gasteiger partial charge on any atom is 0.303 e. The second kappa shape index (κ2) is 4.21. The van der Waals surface area contributed by atoms with Gasteiger partial charge >= 0.3 is 5.97 Å². The van der Waals surface area contributed by atoms with Crippen molar-refractivity contribution in [3.05, 3.63) is 0 Å². The van der Waals surface area contributed by atoms with Crippen LogP contribution in [0.1, 0.15) is 33.6 Å². The summed E-state index contributed by atoms with van der Waals surface area (Å²) in [5.74, 6) is -0.479. The maximum atomic E-state index is 11.9. The first-order valence-electron chi connectivity index (χ1n) is 5.38. The molecule has 1 N–H and O–H groups in total. The molecule has 0 aromatic carbocycles. The van der Waals surface area contributed by atoms with Crippen LogP contribution in [0.3, 0.4) is 0 Å². The highest BCUT2D eigenvalue weighted by molar-refractivity contribution is 5.82. The molecule has 1 aliphatic heterocycles. The number of carbonyl (C=O) groups excluding carboxylic acids is 1. The highest BCUT2D eigenvalue weighted by Gasteiger charge is 2.38. The predicted octanol–water partition coefficient (Wildman–Crippen LogP) is 1.36. The van der Waals surface area contributed by atoms with Gasteiger partial charge in [-0.05, 0) is 6.42 Å². The molecule has 0 spiro atoms. The fourth-order valence-corrected chi connectivity index (χ4v) is 1.69. The summed E-state index contributed by atoms with van der Waals surface area (Å²) in [7, 11) is 0. The minimum atomic E-state index is -0.776. The average Bonchev–Trinajstić information content (AvgIpc) is 2.09. The number of likely N-dealkylation sites (tertiary alicyclic amines) is 1. The molecule has 0 aliphatic carbocycles. The van der Waals surface area contributed by atoms with E-state index in [1.165, 1.54) is 0 Å². The van der Waals surface area contributed by atoms with Crippen molar-refractivity contribution < 1.29 is 14.7 Å². The lowest BCUT2D eigenvalue weighted by Gasteiger charge is -2.42. The predicted molar refractivity (Wildman–Crippen MR) is 56.4 cm³/mol. The van der Waals surface area contributed by atoms with Crippen LogP contribution in [0, 0.1) is 11.3 Å². The van der Waals surface area contributed by atoms with Crippen LogP contribution < -0.4 is 0 Å². The number of hydrogen-bond acceptors (Lipinski definition) is 2. The number of carbonyl (C=O) groups is 2. The first-order valence-corrected chi connectivity index (χ1v) is 5.38. The lowest BCUT2D eigenvalue weighted by molar-refractivity contribution is -0.151. The van der Waals surface area contributed by atoms with Crippen molar-refractivity contribution in [3.63, 3.8) is 0 Å². The Balaban J connectivity index is 2.39. The van der Waals surface area contributed by atoms with Gasteiger partial charge in [0.1, 0.15) is 0 Å². The van der Waals surface area contributed by atoms with Gasteiger partial charge in [0.05, 0.1) is 6.42 Å². The third-order valence-electron chi connectivity index (χ3n) is 3.17. The number of rotatable bonds is 4. The molecule has 1 saturated heterocycles. The third kappa shape index (κ3) is 2.70. The molecule has 0 unspecified atom stereocenters. The SMILES string of the molecule is CCC(C)(C)C(=O)N1CC(CC(=O)O)C1. The van der Waals surface area contributed by atoms with Crippen LogP contribution in [-0.4, -0.2) is 35.0 Å². The van der Waals surface area contributed by atoms with Crippen LogP contribution in [0.15, 0.2) is 0 Å². The zero-order chi connectivity index (χ0) is 11.6. The van der Waals surface area contributed by atoms with Gasteiger partial charge in [-0.2, -0.15) is 0 Å². The van der Waals surface area contributed by atoms with E-state index in [4.69, 9.17) is 5.11 Å². The standard InChI is InChI=1S/C11H19NO3/c1-4-11(2,3)10(15)12-6-8(7-12)5-9(13)14/h8H,4-7H2,1-3H3,(H,13,14). The van der Waals surface area contributed by atoms with Crippen molar-refractivity contribution in [2.75, 3.05) is 13.1 Å². The van der Waals surface area contributed by atoms with Crippen LogP contribution in [0.2, 0.25) is 0 Å². The second-order valence-corrected chi connectivity index (χ2v) is 4.91. The number of aliphatic carboxylic acids is 1. The molecule has 0 radical (unpaired) electrons. The maximum absolute atomic E-state index is 11.9. The fourth-order valence-electron chi connectivity index (χ4n) is 1.69. The Morgan fingerprint density at radius 2 is 1.93 bits per heavy atom. The van der Waals surface area contributed by atoms with Crippen LogP contribution in [0.4, 0.5) is 0 Å². The van der Waals surface area contributed by atoms with Gasteiger partial charge in [-0.3, -0.25) is 9.59 Å². The molecule has 0 aromatic rings. The minimum absolute atomic E-state index is 0.145. The highest BCUT2D eigenvalue weighted by Crippen LogP contribution is 2.28.